The zero-order valence-corrected chi connectivity index (χ0v) is 12.1. The van der Waals surface area contributed by atoms with Crippen LogP contribution in [0.5, 0.6) is 0 Å². The first-order valence-electron chi connectivity index (χ1n) is 5.40. The van der Waals surface area contributed by atoms with Crippen molar-refractivity contribution in [3.63, 3.8) is 0 Å². The summed E-state index contributed by atoms with van der Waals surface area (Å²) < 4.78 is 27.6. The van der Waals surface area contributed by atoms with Gasteiger partial charge in [0.1, 0.15) is 0 Å². The third kappa shape index (κ3) is 3.35. The molecule has 98 valence electrons. The molecule has 0 aromatic carbocycles. The molecule has 1 heterocycles. The molecule has 0 fully saturated rings. The molecule has 0 bridgehead atoms. The third-order valence-corrected chi connectivity index (χ3v) is 4.09. The molecular weight excluding hydrogens is 262 g/mol. The molecule has 1 aromatic heterocycles. The molecular formula is C10H18ClN3O2S. The smallest absolute Gasteiger partial charge is 0.234 e. The normalized spacial score (nSPS) is 12.1. The Morgan fingerprint density at radius 1 is 1.41 bits per heavy atom. The summed E-state index contributed by atoms with van der Waals surface area (Å²) in [4.78, 5) is 0. The van der Waals surface area contributed by atoms with Gasteiger partial charge in [0, 0.05) is 11.9 Å². The molecule has 0 aliphatic carbocycles. The molecule has 0 radical (unpaired) electrons. The fraction of sp³-hybridized carbons (Fsp3) is 0.700. The maximum atomic E-state index is 11.7. The Morgan fingerprint density at radius 2 is 2.00 bits per heavy atom. The van der Waals surface area contributed by atoms with Crippen molar-refractivity contribution in [2.45, 2.75) is 33.7 Å². The van der Waals surface area contributed by atoms with Crippen molar-refractivity contribution in [3.8, 4) is 0 Å². The highest BCUT2D eigenvalue weighted by molar-refractivity contribution is 7.92. The second kappa shape index (κ2) is 5.27. The van der Waals surface area contributed by atoms with Crippen molar-refractivity contribution in [2.24, 2.45) is 0 Å². The van der Waals surface area contributed by atoms with Crippen LogP contribution in [-0.4, -0.2) is 29.8 Å². The number of halogens is 1. The lowest BCUT2D eigenvalue weighted by Crippen LogP contribution is -2.18. The number of anilines is 1. The summed E-state index contributed by atoms with van der Waals surface area (Å²) in [5.74, 6) is -0.0218. The quantitative estimate of drug-likeness (QED) is 0.839. The van der Waals surface area contributed by atoms with Crippen LogP contribution in [-0.2, 0) is 10.0 Å². The predicted octanol–water partition coefficient (Wildman–Crippen LogP) is 2.06. The van der Waals surface area contributed by atoms with Gasteiger partial charge in [0.25, 0.3) is 0 Å². The zero-order valence-electron chi connectivity index (χ0n) is 10.5. The lowest BCUT2D eigenvalue weighted by molar-refractivity contribution is 0.516. The summed E-state index contributed by atoms with van der Waals surface area (Å²) in [5.41, 5.74) is 2.05. The van der Waals surface area contributed by atoms with E-state index in [9.17, 15) is 8.42 Å². The minimum atomic E-state index is -3.38. The van der Waals surface area contributed by atoms with Gasteiger partial charge >= 0.3 is 0 Å². The fourth-order valence-corrected chi connectivity index (χ4v) is 3.14. The van der Waals surface area contributed by atoms with Crippen molar-refractivity contribution >= 4 is 27.3 Å². The van der Waals surface area contributed by atoms with Gasteiger partial charge in [-0.3, -0.25) is 9.40 Å². The van der Waals surface area contributed by atoms with E-state index in [0.717, 1.165) is 5.69 Å². The first-order valence-corrected chi connectivity index (χ1v) is 7.59. The summed E-state index contributed by atoms with van der Waals surface area (Å²) in [6, 6.07) is 0.194. The number of hydrogen-bond acceptors (Lipinski definition) is 3. The minimum Gasteiger partial charge on any atom is -0.280 e. The van der Waals surface area contributed by atoms with E-state index >= 15 is 0 Å². The van der Waals surface area contributed by atoms with Crippen LogP contribution < -0.4 is 4.72 Å². The van der Waals surface area contributed by atoms with Crippen molar-refractivity contribution in [2.75, 3.05) is 16.4 Å². The SMILES string of the molecule is Cc1nn(C(C)C)c(C)c1NS(=O)(=O)CCCl. The summed E-state index contributed by atoms with van der Waals surface area (Å²) >= 11 is 5.45. The Kier molecular flexibility index (Phi) is 4.43. The Balaban J connectivity index is 3.08. The number of nitrogens with zero attached hydrogens (tertiary/aromatic N) is 2. The van der Waals surface area contributed by atoms with Gasteiger partial charge in [0.05, 0.1) is 22.8 Å². The lowest BCUT2D eigenvalue weighted by atomic mass is 10.3. The van der Waals surface area contributed by atoms with Gasteiger partial charge in [-0.25, -0.2) is 8.42 Å². The van der Waals surface area contributed by atoms with E-state index in [1.807, 2.05) is 20.8 Å². The second-order valence-electron chi connectivity index (χ2n) is 4.19. The highest BCUT2D eigenvalue weighted by Crippen LogP contribution is 2.23. The van der Waals surface area contributed by atoms with E-state index in [2.05, 4.69) is 9.82 Å². The number of aryl methyl sites for hydroxylation is 1. The third-order valence-electron chi connectivity index (χ3n) is 2.42. The molecule has 0 saturated carbocycles. The largest absolute Gasteiger partial charge is 0.280 e. The van der Waals surface area contributed by atoms with Crippen LogP contribution in [0.15, 0.2) is 0 Å². The molecule has 1 N–H and O–H groups in total. The van der Waals surface area contributed by atoms with E-state index in [1.165, 1.54) is 0 Å². The molecule has 0 aliphatic rings. The molecule has 1 rings (SSSR count). The van der Waals surface area contributed by atoms with Gasteiger partial charge in [-0.1, -0.05) is 0 Å². The average Bonchev–Trinajstić information content (AvgIpc) is 2.45. The summed E-state index contributed by atoms with van der Waals surface area (Å²) in [6.07, 6.45) is 0. The summed E-state index contributed by atoms with van der Waals surface area (Å²) in [6.45, 7) is 7.62. The van der Waals surface area contributed by atoms with Crippen molar-refractivity contribution in [1.29, 1.82) is 0 Å². The van der Waals surface area contributed by atoms with Crippen molar-refractivity contribution < 1.29 is 8.42 Å². The average molecular weight is 280 g/mol. The van der Waals surface area contributed by atoms with Gasteiger partial charge in [-0.15, -0.1) is 11.6 Å². The van der Waals surface area contributed by atoms with E-state index in [4.69, 9.17) is 11.6 Å². The minimum absolute atomic E-state index is 0.0751. The first-order chi connectivity index (χ1) is 7.78. The van der Waals surface area contributed by atoms with Crippen LogP contribution in [0.4, 0.5) is 5.69 Å². The molecule has 7 heteroatoms. The van der Waals surface area contributed by atoms with Crippen molar-refractivity contribution in [1.82, 2.24) is 9.78 Å². The second-order valence-corrected chi connectivity index (χ2v) is 6.41. The Hall–Kier alpha value is -0.750. The van der Waals surface area contributed by atoms with Crippen LogP contribution >= 0.6 is 11.6 Å². The number of nitrogens with one attached hydrogen (secondary N) is 1. The predicted molar refractivity (Wildman–Crippen MR) is 70.2 cm³/mol. The number of rotatable bonds is 5. The lowest BCUT2D eigenvalue weighted by Gasteiger charge is -2.10. The summed E-state index contributed by atoms with van der Waals surface area (Å²) in [7, 11) is -3.38. The van der Waals surface area contributed by atoms with Gasteiger partial charge in [0.2, 0.25) is 10.0 Å². The zero-order chi connectivity index (χ0) is 13.2. The van der Waals surface area contributed by atoms with Crippen LogP contribution in [0.3, 0.4) is 0 Å². The topological polar surface area (TPSA) is 64.0 Å². The Morgan fingerprint density at radius 3 is 2.41 bits per heavy atom. The molecule has 0 saturated heterocycles. The van der Waals surface area contributed by atoms with E-state index < -0.39 is 10.0 Å². The number of aromatic nitrogens is 2. The monoisotopic (exact) mass is 279 g/mol. The van der Waals surface area contributed by atoms with Gasteiger partial charge in [-0.2, -0.15) is 5.10 Å². The number of hydrogen-bond donors (Lipinski definition) is 1. The first kappa shape index (κ1) is 14.3. The maximum Gasteiger partial charge on any atom is 0.234 e. The van der Waals surface area contributed by atoms with Gasteiger partial charge in [0.15, 0.2) is 0 Å². The summed E-state index contributed by atoms with van der Waals surface area (Å²) in [5, 5.41) is 4.31. The van der Waals surface area contributed by atoms with E-state index in [1.54, 1.807) is 11.6 Å². The van der Waals surface area contributed by atoms with Crippen LogP contribution in [0.25, 0.3) is 0 Å². The van der Waals surface area contributed by atoms with Crippen molar-refractivity contribution in [3.05, 3.63) is 11.4 Å². The molecule has 0 spiro atoms. The Labute approximate surface area is 107 Å². The fourth-order valence-electron chi connectivity index (χ4n) is 1.62. The van der Waals surface area contributed by atoms with E-state index in [0.29, 0.717) is 11.4 Å². The molecule has 5 nitrogen and oxygen atoms in total. The highest BCUT2D eigenvalue weighted by Gasteiger charge is 2.18. The molecule has 0 aliphatic heterocycles. The molecule has 1 aromatic rings. The van der Waals surface area contributed by atoms with Crippen LogP contribution in [0, 0.1) is 13.8 Å². The van der Waals surface area contributed by atoms with E-state index in [-0.39, 0.29) is 17.7 Å². The Bertz CT molecular complexity index is 494. The molecule has 0 unspecified atom stereocenters. The molecule has 0 atom stereocenters. The number of alkyl halides is 1. The standard InChI is InChI=1S/C10H18ClN3O2S/c1-7(2)14-9(4)10(8(3)12-14)13-17(15,16)6-5-11/h7,13H,5-6H2,1-4H3. The van der Waals surface area contributed by atoms with Gasteiger partial charge in [-0.05, 0) is 27.7 Å². The van der Waals surface area contributed by atoms with Crippen LogP contribution in [0.1, 0.15) is 31.3 Å². The van der Waals surface area contributed by atoms with Gasteiger partial charge < -0.3 is 0 Å². The number of sulfonamides is 1. The molecule has 0 amide bonds. The maximum absolute atomic E-state index is 11.7. The highest BCUT2D eigenvalue weighted by atomic mass is 35.5. The molecule has 17 heavy (non-hydrogen) atoms. The van der Waals surface area contributed by atoms with Crippen LogP contribution in [0.2, 0.25) is 0 Å².